The van der Waals surface area contributed by atoms with Crippen LogP contribution in [0.15, 0.2) is 66.9 Å². The molecule has 0 aliphatic heterocycles. The zero-order valence-corrected chi connectivity index (χ0v) is 20.8. The number of esters is 1. The van der Waals surface area contributed by atoms with Crippen LogP contribution in [0, 0.1) is 0 Å². The molecule has 1 amide bonds. The standard InChI is InChI=1S/C28H21Cl2N3O3/c1-16(27(34)33-26-22(30)14-19(29)15-31-26)36-28(35)24-20-9-5-6-10-23(20)32-25-18(11-12-21(24)25)13-17-7-3-2-4-8-17/h2-10,13-16H,11-12H2,1H3,(H,31,33,34)/b18-13+. The smallest absolute Gasteiger partial charge is 0.339 e. The molecule has 0 radical (unpaired) electrons. The number of halogens is 2. The monoisotopic (exact) mass is 517 g/mol. The first-order valence-electron chi connectivity index (χ1n) is 11.4. The second-order valence-corrected chi connectivity index (χ2v) is 9.28. The molecule has 1 aliphatic carbocycles. The highest BCUT2D eigenvalue weighted by molar-refractivity contribution is 6.36. The molecule has 4 aromatic rings. The minimum absolute atomic E-state index is 0.139. The average Bonchev–Trinajstić information content (AvgIpc) is 3.26. The number of rotatable bonds is 5. The molecule has 8 heteroatoms. The van der Waals surface area contributed by atoms with E-state index in [9.17, 15) is 9.59 Å². The van der Waals surface area contributed by atoms with E-state index in [0.717, 1.165) is 28.8 Å². The molecule has 1 N–H and O–H groups in total. The SMILES string of the molecule is CC(OC(=O)c1c2c(nc3ccccc13)/C(=C/c1ccccc1)CC2)C(=O)Nc1ncc(Cl)cc1Cl. The van der Waals surface area contributed by atoms with Crippen molar-refractivity contribution in [1.29, 1.82) is 0 Å². The third-order valence-corrected chi connectivity index (χ3v) is 6.48. The zero-order valence-electron chi connectivity index (χ0n) is 19.3. The summed E-state index contributed by atoms with van der Waals surface area (Å²) in [6, 6.07) is 18.9. The number of carbonyl (C=O) groups is 2. The van der Waals surface area contributed by atoms with Crippen LogP contribution in [0.5, 0.6) is 0 Å². The van der Waals surface area contributed by atoms with Gasteiger partial charge in [0.15, 0.2) is 11.9 Å². The van der Waals surface area contributed by atoms with Crippen molar-refractivity contribution in [3.63, 3.8) is 0 Å². The van der Waals surface area contributed by atoms with Crippen LogP contribution in [0.1, 0.15) is 40.5 Å². The van der Waals surface area contributed by atoms with E-state index < -0.39 is 18.0 Å². The van der Waals surface area contributed by atoms with E-state index >= 15 is 0 Å². The molecule has 1 aliphatic rings. The van der Waals surface area contributed by atoms with Crippen molar-refractivity contribution in [1.82, 2.24) is 9.97 Å². The fraction of sp³-hybridized carbons (Fsp3) is 0.143. The lowest BCUT2D eigenvalue weighted by molar-refractivity contribution is -0.123. The Morgan fingerprint density at radius 1 is 1.06 bits per heavy atom. The number of hydrogen-bond acceptors (Lipinski definition) is 5. The van der Waals surface area contributed by atoms with E-state index in [2.05, 4.69) is 16.4 Å². The van der Waals surface area contributed by atoms with Crippen molar-refractivity contribution >= 4 is 63.4 Å². The van der Waals surface area contributed by atoms with Gasteiger partial charge in [-0.3, -0.25) is 4.79 Å². The molecule has 1 atom stereocenters. The molecule has 2 aromatic heterocycles. The van der Waals surface area contributed by atoms with Gasteiger partial charge in [0.2, 0.25) is 0 Å². The predicted octanol–water partition coefficient (Wildman–Crippen LogP) is 6.61. The molecule has 2 aromatic carbocycles. The Kier molecular flexibility index (Phi) is 6.72. The molecule has 0 fully saturated rings. The summed E-state index contributed by atoms with van der Waals surface area (Å²) >= 11 is 12.0. The summed E-state index contributed by atoms with van der Waals surface area (Å²) in [6.45, 7) is 1.50. The normalized spacial score (nSPS) is 14.5. The maximum absolute atomic E-state index is 13.5. The number of anilines is 1. The van der Waals surface area contributed by atoms with Crippen LogP contribution in [0.2, 0.25) is 10.0 Å². The fourth-order valence-corrected chi connectivity index (χ4v) is 4.69. The van der Waals surface area contributed by atoms with Crippen molar-refractivity contribution < 1.29 is 14.3 Å². The van der Waals surface area contributed by atoms with Crippen molar-refractivity contribution in [2.24, 2.45) is 0 Å². The minimum atomic E-state index is -1.09. The van der Waals surface area contributed by atoms with Gasteiger partial charge in [0.1, 0.15) is 0 Å². The second-order valence-electron chi connectivity index (χ2n) is 8.43. The van der Waals surface area contributed by atoms with Gasteiger partial charge in [-0.1, -0.05) is 71.7 Å². The lowest BCUT2D eigenvalue weighted by Gasteiger charge is -2.16. The summed E-state index contributed by atoms with van der Waals surface area (Å²) in [7, 11) is 0. The molecule has 0 spiro atoms. The van der Waals surface area contributed by atoms with Gasteiger partial charge in [-0.15, -0.1) is 0 Å². The van der Waals surface area contributed by atoms with E-state index in [0.29, 0.717) is 27.9 Å². The first kappa shape index (κ1) is 24.0. The molecule has 36 heavy (non-hydrogen) atoms. The number of pyridine rings is 2. The number of nitrogens with zero attached hydrogens (tertiary/aromatic N) is 2. The van der Waals surface area contributed by atoms with E-state index in [1.807, 2.05) is 54.6 Å². The van der Waals surface area contributed by atoms with Gasteiger partial charge < -0.3 is 10.1 Å². The van der Waals surface area contributed by atoms with Gasteiger partial charge in [-0.05, 0) is 54.7 Å². The number of carbonyl (C=O) groups excluding carboxylic acids is 2. The van der Waals surface area contributed by atoms with Gasteiger partial charge in [0.25, 0.3) is 5.91 Å². The molecular weight excluding hydrogens is 497 g/mol. The number of fused-ring (bicyclic) bond motifs is 2. The van der Waals surface area contributed by atoms with Gasteiger partial charge in [0.05, 0.1) is 26.8 Å². The Bertz CT molecular complexity index is 1520. The van der Waals surface area contributed by atoms with Crippen LogP contribution >= 0.6 is 23.2 Å². The molecule has 2 heterocycles. The molecule has 1 unspecified atom stereocenters. The van der Waals surface area contributed by atoms with E-state index in [4.69, 9.17) is 32.9 Å². The molecular formula is C28H21Cl2N3O3. The molecule has 180 valence electrons. The highest BCUT2D eigenvalue weighted by atomic mass is 35.5. The van der Waals surface area contributed by atoms with Crippen LogP contribution < -0.4 is 5.32 Å². The van der Waals surface area contributed by atoms with Crippen LogP contribution in [-0.2, 0) is 16.0 Å². The Balaban J connectivity index is 1.45. The van der Waals surface area contributed by atoms with Gasteiger partial charge in [-0.25, -0.2) is 14.8 Å². The number of aromatic nitrogens is 2. The summed E-state index contributed by atoms with van der Waals surface area (Å²) < 4.78 is 5.63. The molecule has 0 bridgehead atoms. The Hall–Kier alpha value is -3.74. The zero-order chi connectivity index (χ0) is 25.2. The van der Waals surface area contributed by atoms with Gasteiger partial charge in [-0.2, -0.15) is 0 Å². The lowest BCUT2D eigenvalue weighted by Crippen LogP contribution is -2.30. The topological polar surface area (TPSA) is 81.2 Å². The maximum Gasteiger partial charge on any atom is 0.339 e. The minimum Gasteiger partial charge on any atom is -0.449 e. The molecule has 0 saturated heterocycles. The van der Waals surface area contributed by atoms with Crippen molar-refractivity contribution in [3.05, 3.63) is 99.3 Å². The van der Waals surface area contributed by atoms with Gasteiger partial charge >= 0.3 is 5.97 Å². The van der Waals surface area contributed by atoms with Crippen molar-refractivity contribution in [3.8, 4) is 0 Å². The highest BCUT2D eigenvalue weighted by Crippen LogP contribution is 2.38. The second kappa shape index (κ2) is 10.1. The first-order chi connectivity index (χ1) is 17.4. The Labute approximate surface area is 217 Å². The van der Waals surface area contributed by atoms with E-state index in [1.165, 1.54) is 19.2 Å². The van der Waals surface area contributed by atoms with Crippen LogP contribution in [0.25, 0.3) is 22.6 Å². The fourth-order valence-electron chi connectivity index (χ4n) is 4.26. The number of hydrogen-bond donors (Lipinski definition) is 1. The van der Waals surface area contributed by atoms with E-state index in [1.54, 1.807) is 0 Å². The number of benzene rings is 2. The Morgan fingerprint density at radius 2 is 1.81 bits per heavy atom. The first-order valence-corrected chi connectivity index (χ1v) is 12.2. The van der Waals surface area contributed by atoms with Gasteiger partial charge in [0, 0.05) is 11.6 Å². The van der Waals surface area contributed by atoms with Crippen molar-refractivity contribution in [2.45, 2.75) is 25.9 Å². The maximum atomic E-state index is 13.5. The number of ether oxygens (including phenoxy) is 1. The number of allylic oxidation sites excluding steroid dienone is 1. The summed E-state index contributed by atoms with van der Waals surface area (Å²) in [6.07, 6.45) is 3.79. The van der Waals surface area contributed by atoms with E-state index in [-0.39, 0.29) is 10.8 Å². The summed E-state index contributed by atoms with van der Waals surface area (Å²) in [5.41, 5.74) is 4.88. The summed E-state index contributed by atoms with van der Waals surface area (Å²) in [5, 5.41) is 3.80. The number of nitrogens with one attached hydrogen (secondary N) is 1. The number of amides is 1. The third kappa shape index (κ3) is 4.83. The summed E-state index contributed by atoms with van der Waals surface area (Å²) in [5.74, 6) is -0.997. The Morgan fingerprint density at radius 3 is 2.58 bits per heavy atom. The molecule has 0 saturated carbocycles. The predicted molar refractivity (Wildman–Crippen MR) is 142 cm³/mol. The molecule has 5 rings (SSSR count). The third-order valence-electron chi connectivity index (χ3n) is 5.99. The van der Waals surface area contributed by atoms with Crippen LogP contribution in [0.3, 0.4) is 0 Å². The van der Waals surface area contributed by atoms with Crippen molar-refractivity contribution in [2.75, 3.05) is 5.32 Å². The summed E-state index contributed by atoms with van der Waals surface area (Å²) in [4.78, 5) is 35.1. The van der Waals surface area contributed by atoms with Crippen LogP contribution in [-0.4, -0.2) is 27.9 Å². The van der Waals surface area contributed by atoms with Crippen LogP contribution in [0.4, 0.5) is 5.82 Å². The quantitative estimate of drug-likeness (QED) is 0.301. The average molecular weight is 518 g/mol. The largest absolute Gasteiger partial charge is 0.449 e. The molecule has 6 nitrogen and oxygen atoms in total. The highest BCUT2D eigenvalue weighted by Gasteiger charge is 2.29. The lowest BCUT2D eigenvalue weighted by atomic mass is 10.0. The number of para-hydroxylation sites is 1.